The van der Waals surface area contributed by atoms with Crippen LogP contribution in [0, 0.1) is 0 Å². The summed E-state index contributed by atoms with van der Waals surface area (Å²) in [5.41, 5.74) is 2.40. The minimum Gasteiger partial charge on any atom is -0.491 e. The Morgan fingerprint density at radius 2 is 1.85 bits per heavy atom. The first-order valence-corrected chi connectivity index (χ1v) is 8.03. The zero-order valence-corrected chi connectivity index (χ0v) is 13.0. The summed E-state index contributed by atoms with van der Waals surface area (Å²) in [6, 6.07) is 16.7. The highest BCUT2D eigenvalue weighted by atomic mass is 32.2. The van der Waals surface area contributed by atoms with E-state index in [0.29, 0.717) is 0 Å². The summed E-state index contributed by atoms with van der Waals surface area (Å²) in [6.45, 7) is 4.89. The van der Waals surface area contributed by atoms with Gasteiger partial charge < -0.3 is 10.1 Å². The summed E-state index contributed by atoms with van der Waals surface area (Å²) in [7, 11) is 0. The first kappa shape index (κ1) is 14.8. The van der Waals surface area contributed by atoms with Gasteiger partial charge in [-0.2, -0.15) is 0 Å². The molecule has 0 bridgehead atoms. The Morgan fingerprint density at radius 3 is 2.50 bits per heavy atom. The van der Waals surface area contributed by atoms with Crippen LogP contribution in [0.25, 0.3) is 0 Å². The van der Waals surface area contributed by atoms with Crippen molar-refractivity contribution in [3.05, 3.63) is 54.1 Å². The Hall–Kier alpha value is -1.61. The van der Waals surface area contributed by atoms with E-state index >= 15 is 0 Å². The predicted octanol–water partition coefficient (Wildman–Crippen LogP) is 4.81. The highest BCUT2D eigenvalue weighted by molar-refractivity contribution is 7.98. The fourth-order valence-electron chi connectivity index (χ4n) is 1.90. The molecule has 2 aromatic rings. The maximum absolute atomic E-state index is 5.64. The van der Waals surface area contributed by atoms with Gasteiger partial charge in [0, 0.05) is 17.1 Å². The number of benzene rings is 2. The van der Waals surface area contributed by atoms with Gasteiger partial charge in [-0.25, -0.2) is 0 Å². The van der Waals surface area contributed by atoms with Crippen LogP contribution in [0.3, 0.4) is 0 Å². The van der Waals surface area contributed by atoms with E-state index in [2.05, 4.69) is 48.0 Å². The first-order valence-electron chi connectivity index (χ1n) is 6.81. The lowest BCUT2D eigenvalue weighted by Crippen LogP contribution is -2.05. The molecule has 0 aromatic heterocycles. The molecule has 20 heavy (non-hydrogen) atoms. The van der Waals surface area contributed by atoms with Gasteiger partial charge in [-0.05, 0) is 56.0 Å². The molecular formula is C17H21NOS. The molecule has 0 atom stereocenters. The Morgan fingerprint density at radius 1 is 1.10 bits per heavy atom. The molecule has 2 nitrogen and oxygen atoms in total. The van der Waals surface area contributed by atoms with Crippen LogP contribution in [0.2, 0.25) is 0 Å². The van der Waals surface area contributed by atoms with Gasteiger partial charge in [-0.1, -0.05) is 18.2 Å². The maximum atomic E-state index is 5.64. The second kappa shape index (κ2) is 7.25. The van der Waals surface area contributed by atoms with Gasteiger partial charge in [0.25, 0.3) is 0 Å². The number of thioether (sulfide) groups is 1. The van der Waals surface area contributed by atoms with Crippen molar-refractivity contribution in [2.75, 3.05) is 11.6 Å². The second-order valence-corrected chi connectivity index (χ2v) is 5.78. The number of hydrogen-bond donors (Lipinski definition) is 1. The zero-order valence-electron chi connectivity index (χ0n) is 12.2. The van der Waals surface area contributed by atoms with Crippen molar-refractivity contribution in [2.24, 2.45) is 0 Å². The molecule has 3 heteroatoms. The Labute approximate surface area is 125 Å². The minimum absolute atomic E-state index is 0.216. The van der Waals surface area contributed by atoms with E-state index in [1.165, 1.54) is 10.5 Å². The number of ether oxygens (including phenoxy) is 1. The van der Waals surface area contributed by atoms with Crippen molar-refractivity contribution in [3.63, 3.8) is 0 Å². The molecule has 0 aliphatic heterocycles. The van der Waals surface area contributed by atoms with Crippen LogP contribution in [0.1, 0.15) is 19.4 Å². The summed E-state index contributed by atoms with van der Waals surface area (Å²) in [6.07, 6.45) is 2.31. The molecule has 0 aliphatic rings. The molecule has 2 aromatic carbocycles. The van der Waals surface area contributed by atoms with Gasteiger partial charge in [0.15, 0.2) is 0 Å². The van der Waals surface area contributed by atoms with Crippen LogP contribution >= 0.6 is 11.8 Å². The largest absolute Gasteiger partial charge is 0.491 e. The summed E-state index contributed by atoms with van der Waals surface area (Å²) in [5, 5.41) is 3.44. The minimum atomic E-state index is 0.216. The first-order chi connectivity index (χ1) is 9.67. The quantitative estimate of drug-likeness (QED) is 0.771. The van der Waals surface area contributed by atoms with Crippen LogP contribution in [0.5, 0.6) is 5.75 Å². The molecule has 0 amide bonds. The van der Waals surface area contributed by atoms with E-state index in [9.17, 15) is 0 Å². The van der Waals surface area contributed by atoms with E-state index < -0.39 is 0 Å². The molecule has 1 N–H and O–H groups in total. The van der Waals surface area contributed by atoms with E-state index in [0.717, 1.165) is 18.0 Å². The fraction of sp³-hybridized carbons (Fsp3) is 0.294. The molecule has 0 unspecified atom stereocenters. The third-order valence-corrected chi connectivity index (χ3v) is 3.59. The number of anilines is 1. The van der Waals surface area contributed by atoms with E-state index in [-0.39, 0.29) is 6.10 Å². The topological polar surface area (TPSA) is 21.3 Å². The Bertz CT molecular complexity index is 537. The van der Waals surface area contributed by atoms with Gasteiger partial charge in [-0.15, -0.1) is 11.8 Å². The van der Waals surface area contributed by atoms with Crippen molar-refractivity contribution >= 4 is 17.4 Å². The fourth-order valence-corrected chi connectivity index (χ4v) is 2.35. The van der Waals surface area contributed by atoms with Crippen LogP contribution < -0.4 is 10.1 Å². The van der Waals surface area contributed by atoms with Crippen molar-refractivity contribution in [3.8, 4) is 5.75 Å². The van der Waals surface area contributed by atoms with Crippen LogP contribution in [-0.2, 0) is 6.54 Å². The molecule has 0 saturated heterocycles. The van der Waals surface area contributed by atoms with E-state index in [1.807, 2.05) is 26.0 Å². The number of rotatable bonds is 6. The Balaban J connectivity index is 1.93. The highest BCUT2D eigenvalue weighted by Gasteiger charge is 1.99. The maximum Gasteiger partial charge on any atom is 0.119 e. The summed E-state index contributed by atoms with van der Waals surface area (Å²) < 4.78 is 5.64. The third-order valence-electron chi connectivity index (χ3n) is 2.86. The van der Waals surface area contributed by atoms with Gasteiger partial charge in [-0.3, -0.25) is 0 Å². The second-order valence-electron chi connectivity index (χ2n) is 4.90. The smallest absolute Gasteiger partial charge is 0.119 e. The van der Waals surface area contributed by atoms with Crippen LogP contribution in [-0.4, -0.2) is 12.4 Å². The monoisotopic (exact) mass is 287 g/mol. The SMILES string of the molecule is CSc1cccc(NCc2ccc(OC(C)C)cc2)c1. The molecule has 0 radical (unpaired) electrons. The predicted molar refractivity (Wildman–Crippen MR) is 87.8 cm³/mol. The lowest BCUT2D eigenvalue weighted by molar-refractivity contribution is 0.242. The molecule has 106 valence electrons. The molecule has 0 aliphatic carbocycles. The average Bonchev–Trinajstić information content (AvgIpc) is 2.46. The van der Waals surface area contributed by atoms with E-state index in [1.54, 1.807) is 11.8 Å². The summed E-state index contributed by atoms with van der Waals surface area (Å²) in [5.74, 6) is 0.924. The molecule has 0 saturated carbocycles. The summed E-state index contributed by atoms with van der Waals surface area (Å²) >= 11 is 1.76. The van der Waals surface area contributed by atoms with Crippen molar-refractivity contribution < 1.29 is 4.74 Å². The molecule has 0 spiro atoms. The van der Waals surface area contributed by atoms with Gasteiger partial charge >= 0.3 is 0 Å². The summed E-state index contributed by atoms with van der Waals surface area (Å²) in [4.78, 5) is 1.27. The van der Waals surface area contributed by atoms with Crippen LogP contribution in [0.15, 0.2) is 53.4 Å². The van der Waals surface area contributed by atoms with Gasteiger partial charge in [0.05, 0.1) is 6.10 Å². The lowest BCUT2D eigenvalue weighted by Gasteiger charge is -2.11. The molecule has 0 heterocycles. The molecule has 2 rings (SSSR count). The number of hydrogen-bond acceptors (Lipinski definition) is 3. The average molecular weight is 287 g/mol. The highest BCUT2D eigenvalue weighted by Crippen LogP contribution is 2.20. The number of nitrogens with one attached hydrogen (secondary N) is 1. The zero-order chi connectivity index (χ0) is 14.4. The Kier molecular flexibility index (Phi) is 5.36. The van der Waals surface area contributed by atoms with Crippen molar-refractivity contribution in [1.29, 1.82) is 0 Å². The normalized spacial score (nSPS) is 10.6. The molecule has 0 fully saturated rings. The third kappa shape index (κ3) is 4.49. The lowest BCUT2D eigenvalue weighted by atomic mass is 10.2. The van der Waals surface area contributed by atoms with Gasteiger partial charge in [0.2, 0.25) is 0 Å². The molecular weight excluding hydrogens is 266 g/mol. The van der Waals surface area contributed by atoms with Gasteiger partial charge in [0.1, 0.15) is 5.75 Å². The van der Waals surface area contributed by atoms with Crippen LogP contribution in [0.4, 0.5) is 5.69 Å². The van der Waals surface area contributed by atoms with Crippen molar-refractivity contribution in [2.45, 2.75) is 31.4 Å². The standard InChI is InChI=1S/C17H21NOS/c1-13(2)19-16-9-7-14(8-10-16)12-18-15-5-4-6-17(11-15)20-3/h4-11,13,18H,12H2,1-3H3. The van der Waals surface area contributed by atoms with Crippen molar-refractivity contribution in [1.82, 2.24) is 0 Å². The van der Waals surface area contributed by atoms with E-state index in [4.69, 9.17) is 4.74 Å².